The van der Waals surface area contributed by atoms with Gasteiger partial charge in [0, 0.05) is 37.0 Å². The van der Waals surface area contributed by atoms with E-state index in [-0.39, 0.29) is 29.7 Å². The van der Waals surface area contributed by atoms with Crippen molar-refractivity contribution in [3.05, 3.63) is 77.2 Å². The lowest BCUT2D eigenvalue weighted by Crippen LogP contribution is -2.42. The van der Waals surface area contributed by atoms with E-state index in [4.69, 9.17) is 5.73 Å². The van der Waals surface area contributed by atoms with Crippen molar-refractivity contribution in [3.8, 4) is 11.3 Å². The molecule has 0 aliphatic rings. The fraction of sp³-hybridized carbons (Fsp3) is 0.238. The molecule has 2 aromatic carbocycles. The van der Waals surface area contributed by atoms with Crippen molar-refractivity contribution < 1.29 is 22.4 Å². The van der Waals surface area contributed by atoms with Crippen LogP contribution in [0.25, 0.3) is 11.3 Å². The second kappa shape index (κ2) is 8.66. The van der Waals surface area contributed by atoms with E-state index in [9.17, 15) is 22.4 Å². The molecule has 9 heteroatoms. The van der Waals surface area contributed by atoms with Gasteiger partial charge in [0.2, 0.25) is 0 Å². The number of nitrogens with one attached hydrogen (secondary N) is 1. The van der Waals surface area contributed by atoms with Gasteiger partial charge in [-0.3, -0.25) is 9.48 Å². The van der Waals surface area contributed by atoms with Crippen molar-refractivity contribution in [2.75, 3.05) is 6.54 Å². The number of hydrogen-bond acceptors (Lipinski definition) is 3. The molecule has 3 aromatic rings. The Morgan fingerprint density at radius 2 is 1.93 bits per heavy atom. The van der Waals surface area contributed by atoms with Gasteiger partial charge in [0.1, 0.15) is 5.82 Å². The predicted molar refractivity (Wildman–Crippen MR) is 104 cm³/mol. The van der Waals surface area contributed by atoms with Crippen molar-refractivity contribution >= 4 is 5.91 Å². The number of halogens is 4. The average Bonchev–Trinajstić information content (AvgIpc) is 3.12. The number of benzene rings is 2. The number of aromatic nitrogens is 2. The molecule has 0 spiro atoms. The second-order valence-electron chi connectivity index (χ2n) is 6.80. The fourth-order valence-corrected chi connectivity index (χ4v) is 3.20. The molecule has 0 aliphatic heterocycles. The molecule has 0 saturated heterocycles. The first kappa shape index (κ1) is 21.5. The molecule has 0 bridgehead atoms. The van der Waals surface area contributed by atoms with Gasteiger partial charge in [-0.15, -0.1) is 0 Å². The van der Waals surface area contributed by atoms with Crippen LogP contribution in [0, 0.1) is 5.82 Å². The molecule has 30 heavy (non-hydrogen) atoms. The van der Waals surface area contributed by atoms with Crippen LogP contribution in [0.3, 0.4) is 0 Å². The lowest BCUT2D eigenvalue weighted by atomic mass is 9.99. The van der Waals surface area contributed by atoms with Gasteiger partial charge < -0.3 is 11.1 Å². The standard InChI is InChI=1S/C21H20F4N4O/c1-29-19(8-9-27-29)16-7-6-14(11-18(16)22)20(30)28-15(12-26)10-13-4-2-3-5-17(13)21(23,24)25/h2-9,11,15H,10,12,26H2,1H3,(H,28,30)/t15-/m1/s1. The van der Waals surface area contributed by atoms with E-state index in [1.54, 1.807) is 13.1 Å². The maximum absolute atomic E-state index is 14.5. The maximum Gasteiger partial charge on any atom is 0.416 e. The Morgan fingerprint density at radius 1 is 1.20 bits per heavy atom. The number of nitrogens with zero attached hydrogens (tertiary/aromatic N) is 2. The summed E-state index contributed by atoms with van der Waals surface area (Å²) in [5, 5.41) is 6.57. The van der Waals surface area contributed by atoms with Gasteiger partial charge in [-0.05, 0) is 42.3 Å². The number of hydrogen-bond donors (Lipinski definition) is 2. The first-order valence-corrected chi connectivity index (χ1v) is 9.14. The van der Waals surface area contributed by atoms with Crippen molar-refractivity contribution in [3.63, 3.8) is 0 Å². The molecule has 0 saturated carbocycles. The van der Waals surface area contributed by atoms with E-state index in [1.165, 1.54) is 41.2 Å². The Morgan fingerprint density at radius 3 is 2.53 bits per heavy atom. The molecule has 0 aliphatic carbocycles. The van der Waals surface area contributed by atoms with Crippen LogP contribution in [-0.4, -0.2) is 28.3 Å². The normalized spacial score (nSPS) is 12.6. The molecule has 1 amide bonds. The van der Waals surface area contributed by atoms with Gasteiger partial charge in [0.15, 0.2) is 0 Å². The van der Waals surface area contributed by atoms with Gasteiger partial charge in [-0.2, -0.15) is 18.3 Å². The van der Waals surface area contributed by atoms with E-state index in [2.05, 4.69) is 10.4 Å². The summed E-state index contributed by atoms with van der Waals surface area (Å²) in [7, 11) is 1.67. The summed E-state index contributed by atoms with van der Waals surface area (Å²) < 4.78 is 55.6. The highest BCUT2D eigenvalue weighted by Gasteiger charge is 2.33. The maximum atomic E-state index is 14.5. The monoisotopic (exact) mass is 420 g/mol. The third kappa shape index (κ3) is 4.68. The molecule has 1 heterocycles. The molecule has 5 nitrogen and oxygen atoms in total. The van der Waals surface area contributed by atoms with Gasteiger partial charge in [-0.25, -0.2) is 4.39 Å². The highest BCUT2D eigenvalue weighted by atomic mass is 19.4. The third-order valence-electron chi connectivity index (χ3n) is 4.74. The second-order valence-corrected chi connectivity index (χ2v) is 6.80. The van der Waals surface area contributed by atoms with Gasteiger partial charge >= 0.3 is 6.18 Å². The van der Waals surface area contributed by atoms with Crippen LogP contribution in [0.4, 0.5) is 17.6 Å². The Kier molecular flexibility index (Phi) is 6.21. The first-order chi connectivity index (χ1) is 14.2. The Balaban J connectivity index is 1.77. The highest BCUT2D eigenvalue weighted by molar-refractivity contribution is 5.95. The van der Waals surface area contributed by atoms with Crippen LogP contribution >= 0.6 is 0 Å². The lowest BCUT2D eigenvalue weighted by Gasteiger charge is -2.20. The van der Waals surface area contributed by atoms with Crippen molar-refractivity contribution in [2.24, 2.45) is 12.8 Å². The molecule has 3 rings (SSSR count). The summed E-state index contributed by atoms with van der Waals surface area (Å²) in [6.07, 6.45) is -3.09. The summed E-state index contributed by atoms with van der Waals surface area (Å²) in [5.74, 6) is -1.23. The molecule has 1 aromatic heterocycles. The minimum absolute atomic E-state index is 0.0264. The van der Waals surface area contributed by atoms with E-state index in [1.807, 2.05) is 0 Å². The number of alkyl halides is 3. The smallest absolute Gasteiger partial charge is 0.348 e. The lowest BCUT2D eigenvalue weighted by molar-refractivity contribution is -0.138. The summed E-state index contributed by atoms with van der Waals surface area (Å²) in [5.41, 5.74) is 5.78. The summed E-state index contributed by atoms with van der Waals surface area (Å²) in [6, 6.07) is 9.99. The molecule has 3 N–H and O–H groups in total. The number of carbonyl (C=O) groups excluding carboxylic acids is 1. The van der Waals surface area contributed by atoms with Crippen LogP contribution in [0.15, 0.2) is 54.7 Å². The molecular weight excluding hydrogens is 400 g/mol. The van der Waals surface area contributed by atoms with Gasteiger partial charge in [0.25, 0.3) is 5.91 Å². The van der Waals surface area contributed by atoms with Crippen LogP contribution in [0.2, 0.25) is 0 Å². The predicted octanol–water partition coefficient (Wildman–Crippen LogP) is 3.54. The number of nitrogens with two attached hydrogens (primary N) is 1. The van der Waals surface area contributed by atoms with E-state index < -0.39 is 29.5 Å². The topological polar surface area (TPSA) is 72.9 Å². The van der Waals surface area contributed by atoms with Crippen molar-refractivity contribution in [2.45, 2.75) is 18.6 Å². The number of amides is 1. The van der Waals surface area contributed by atoms with Crippen LogP contribution < -0.4 is 11.1 Å². The third-order valence-corrected chi connectivity index (χ3v) is 4.74. The first-order valence-electron chi connectivity index (χ1n) is 9.14. The zero-order chi connectivity index (χ0) is 21.9. The summed E-state index contributed by atoms with van der Waals surface area (Å²) in [6.45, 7) is -0.0759. The number of rotatable bonds is 6. The SMILES string of the molecule is Cn1nccc1-c1ccc(C(=O)N[C@@H](CN)Cc2ccccc2C(F)(F)F)cc1F. The molecular formula is C21H20F4N4O. The molecule has 1 atom stereocenters. The van der Waals surface area contributed by atoms with E-state index in [0.29, 0.717) is 5.69 Å². The van der Waals surface area contributed by atoms with Crippen LogP contribution in [0.5, 0.6) is 0 Å². The fourth-order valence-electron chi connectivity index (χ4n) is 3.20. The quantitative estimate of drug-likeness (QED) is 0.599. The molecule has 0 unspecified atom stereocenters. The van der Waals surface area contributed by atoms with Crippen LogP contribution in [0.1, 0.15) is 21.5 Å². The summed E-state index contributed by atoms with van der Waals surface area (Å²) in [4.78, 5) is 12.5. The Bertz CT molecular complexity index is 1050. The molecule has 0 fully saturated rings. The van der Waals surface area contributed by atoms with E-state index >= 15 is 0 Å². The van der Waals surface area contributed by atoms with Crippen LogP contribution in [-0.2, 0) is 19.6 Å². The Hall–Kier alpha value is -3.20. The largest absolute Gasteiger partial charge is 0.416 e. The molecule has 0 radical (unpaired) electrons. The molecule has 158 valence electrons. The van der Waals surface area contributed by atoms with E-state index in [0.717, 1.165) is 12.1 Å². The highest BCUT2D eigenvalue weighted by Crippen LogP contribution is 2.32. The van der Waals surface area contributed by atoms with Crippen molar-refractivity contribution in [1.82, 2.24) is 15.1 Å². The van der Waals surface area contributed by atoms with Crippen molar-refractivity contribution in [1.29, 1.82) is 0 Å². The van der Waals surface area contributed by atoms with Gasteiger partial charge in [-0.1, -0.05) is 18.2 Å². The number of aryl methyl sites for hydroxylation is 1. The van der Waals surface area contributed by atoms with Gasteiger partial charge in [0.05, 0.1) is 11.3 Å². The zero-order valence-corrected chi connectivity index (χ0v) is 16.1. The summed E-state index contributed by atoms with van der Waals surface area (Å²) >= 11 is 0. The average molecular weight is 420 g/mol. The Labute approximate surface area is 170 Å². The zero-order valence-electron chi connectivity index (χ0n) is 16.1. The minimum Gasteiger partial charge on any atom is -0.348 e. The minimum atomic E-state index is -4.51. The number of carbonyl (C=O) groups is 1.